The van der Waals surface area contributed by atoms with Crippen LogP contribution in [0.3, 0.4) is 0 Å². The van der Waals surface area contributed by atoms with Gasteiger partial charge in [-0.3, -0.25) is 9.59 Å². The van der Waals surface area contributed by atoms with Crippen molar-refractivity contribution < 1.29 is 18.4 Å². The van der Waals surface area contributed by atoms with Gasteiger partial charge in [-0.25, -0.2) is 0 Å². The Labute approximate surface area is 193 Å². The molecule has 32 heavy (non-hydrogen) atoms. The van der Waals surface area contributed by atoms with Crippen molar-refractivity contribution in [2.45, 2.75) is 0 Å². The number of benzene rings is 2. The van der Waals surface area contributed by atoms with E-state index in [2.05, 4.69) is 10.6 Å². The van der Waals surface area contributed by atoms with Gasteiger partial charge in [0.2, 0.25) is 5.91 Å². The van der Waals surface area contributed by atoms with Gasteiger partial charge in [0.05, 0.1) is 6.26 Å². The molecule has 0 aliphatic heterocycles. The quantitative estimate of drug-likeness (QED) is 0.307. The fraction of sp³-hybridized carbons (Fsp3) is 0. The average molecular weight is 467 g/mol. The minimum Gasteiger partial charge on any atom is -0.459 e. The Morgan fingerprint density at radius 3 is 2.31 bits per heavy atom. The topological polar surface area (TPSA) is 84.5 Å². The Hall–Kier alpha value is -3.74. The third-order valence-electron chi connectivity index (χ3n) is 4.31. The van der Waals surface area contributed by atoms with E-state index in [-0.39, 0.29) is 17.6 Å². The first-order chi connectivity index (χ1) is 15.5. The maximum absolute atomic E-state index is 12.3. The fourth-order valence-electron chi connectivity index (χ4n) is 2.91. The summed E-state index contributed by atoms with van der Waals surface area (Å²) in [5, 5.41) is 6.45. The summed E-state index contributed by atoms with van der Waals surface area (Å²) >= 11 is 12.1. The molecular formula is C24H16Cl2N2O4. The van der Waals surface area contributed by atoms with E-state index >= 15 is 0 Å². The number of hydrogen-bond acceptors (Lipinski definition) is 4. The van der Waals surface area contributed by atoms with E-state index in [1.165, 1.54) is 12.3 Å². The van der Waals surface area contributed by atoms with Crippen LogP contribution in [0, 0.1) is 0 Å². The lowest BCUT2D eigenvalue weighted by atomic mass is 10.2. The number of hydrogen-bond donors (Lipinski definition) is 2. The van der Waals surface area contributed by atoms with Gasteiger partial charge < -0.3 is 19.5 Å². The second-order valence-corrected chi connectivity index (χ2v) is 7.57. The van der Waals surface area contributed by atoms with Crippen molar-refractivity contribution in [3.63, 3.8) is 0 Å². The molecule has 160 valence electrons. The highest BCUT2D eigenvalue weighted by Gasteiger charge is 2.09. The first kappa shape index (κ1) is 21.5. The summed E-state index contributed by atoms with van der Waals surface area (Å²) < 4.78 is 10.8. The molecule has 0 fully saturated rings. The van der Waals surface area contributed by atoms with Crippen LogP contribution in [0.1, 0.15) is 16.3 Å². The van der Waals surface area contributed by atoms with E-state index in [4.69, 9.17) is 32.0 Å². The number of nitrogens with one attached hydrogen (secondary N) is 2. The summed E-state index contributed by atoms with van der Waals surface area (Å²) in [4.78, 5) is 24.4. The summed E-state index contributed by atoms with van der Waals surface area (Å²) in [5.41, 5.74) is 1.77. The lowest BCUT2D eigenvalue weighted by molar-refractivity contribution is -0.111. The molecule has 2 amide bonds. The zero-order chi connectivity index (χ0) is 22.5. The zero-order valence-corrected chi connectivity index (χ0v) is 18.0. The van der Waals surface area contributed by atoms with Crippen molar-refractivity contribution in [2.75, 3.05) is 10.6 Å². The van der Waals surface area contributed by atoms with Crippen LogP contribution in [0.5, 0.6) is 0 Å². The van der Waals surface area contributed by atoms with Crippen LogP contribution in [0.15, 0.2) is 87.9 Å². The van der Waals surface area contributed by atoms with Gasteiger partial charge in [-0.05, 0) is 66.7 Å². The molecule has 4 rings (SSSR count). The van der Waals surface area contributed by atoms with Gasteiger partial charge in [0.15, 0.2) is 5.76 Å². The molecule has 0 saturated carbocycles. The maximum atomic E-state index is 12.3. The maximum Gasteiger partial charge on any atom is 0.291 e. The Morgan fingerprint density at radius 1 is 0.844 bits per heavy atom. The first-order valence-electron chi connectivity index (χ1n) is 9.46. The fourth-order valence-corrected chi connectivity index (χ4v) is 3.44. The Balaban J connectivity index is 1.39. The molecule has 2 heterocycles. The number of carbonyl (C=O) groups is 2. The largest absolute Gasteiger partial charge is 0.459 e. The predicted octanol–water partition coefficient (Wildman–Crippen LogP) is 6.75. The average Bonchev–Trinajstić information content (AvgIpc) is 3.44. The number of furan rings is 2. The molecule has 0 bridgehead atoms. The van der Waals surface area contributed by atoms with E-state index in [9.17, 15) is 9.59 Å². The number of halogens is 2. The van der Waals surface area contributed by atoms with E-state index in [1.54, 1.807) is 72.8 Å². The SMILES string of the molecule is O=C(/C=C/c1ccc(-c2cc(Cl)cc(Cl)c2)o1)Nc1cccc(NC(=O)c2ccco2)c1. The van der Waals surface area contributed by atoms with Crippen molar-refractivity contribution in [2.24, 2.45) is 0 Å². The van der Waals surface area contributed by atoms with Gasteiger partial charge in [-0.15, -0.1) is 0 Å². The highest BCUT2D eigenvalue weighted by Crippen LogP contribution is 2.29. The van der Waals surface area contributed by atoms with E-state index in [1.807, 2.05) is 0 Å². The van der Waals surface area contributed by atoms with Gasteiger partial charge >= 0.3 is 0 Å². The van der Waals surface area contributed by atoms with Crippen molar-refractivity contribution in [1.29, 1.82) is 0 Å². The molecule has 0 radical (unpaired) electrons. The standard InChI is InChI=1S/C24H16Cl2N2O4/c25-16-11-15(12-17(26)13-16)21-8-6-20(32-21)7-9-23(29)27-18-3-1-4-19(14-18)28-24(30)22-5-2-10-31-22/h1-14H,(H,27,29)(H,28,30)/b9-7+. The molecule has 8 heteroatoms. The smallest absolute Gasteiger partial charge is 0.291 e. The van der Waals surface area contributed by atoms with Crippen LogP contribution in [0.25, 0.3) is 17.4 Å². The summed E-state index contributed by atoms with van der Waals surface area (Å²) in [5.74, 6) is 0.525. The zero-order valence-electron chi connectivity index (χ0n) is 16.5. The molecule has 0 aliphatic carbocycles. The molecular weight excluding hydrogens is 451 g/mol. The van der Waals surface area contributed by atoms with E-state index in [0.29, 0.717) is 32.9 Å². The third-order valence-corrected chi connectivity index (χ3v) is 4.74. The molecule has 4 aromatic rings. The summed E-state index contributed by atoms with van der Waals surface area (Å²) in [6.07, 6.45) is 4.32. The lowest BCUT2D eigenvalue weighted by Gasteiger charge is -2.06. The first-order valence-corrected chi connectivity index (χ1v) is 10.2. The van der Waals surface area contributed by atoms with Crippen molar-refractivity contribution in [1.82, 2.24) is 0 Å². The molecule has 2 N–H and O–H groups in total. The van der Waals surface area contributed by atoms with Gasteiger partial charge in [-0.2, -0.15) is 0 Å². The molecule has 0 aliphatic rings. The molecule has 0 atom stereocenters. The van der Waals surface area contributed by atoms with Crippen molar-refractivity contribution in [3.8, 4) is 11.3 Å². The highest BCUT2D eigenvalue weighted by atomic mass is 35.5. The van der Waals surface area contributed by atoms with Crippen molar-refractivity contribution in [3.05, 3.63) is 101 Å². The van der Waals surface area contributed by atoms with E-state index < -0.39 is 0 Å². The van der Waals surface area contributed by atoms with E-state index in [0.717, 1.165) is 5.56 Å². The summed E-state index contributed by atoms with van der Waals surface area (Å²) in [6, 6.07) is 18.6. The summed E-state index contributed by atoms with van der Waals surface area (Å²) in [7, 11) is 0. The molecule has 0 unspecified atom stereocenters. The van der Waals surface area contributed by atoms with Crippen molar-refractivity contribution >= 4 is 52.5 Å². The number of rotatable bonds is 6. The Bertz CT molecular complexity index is 1270. The number of carbonyl (C=O) groups excluding carboxylic acids is 2. The predicted molar refractivity (Wildman–Crippen MR) is 125 cm³/mol. The second kappa shape index (κ2) is 9.60. The van der Waals surface area contributed by atoms with Crippen LogP contribution in [-0.4, -0.2) is 11.8 Å². The molecule has 2 aromatic heterocycles. The number of amides is 2. The van der Waals surface area contributed by atoms with Gasteiger partial charge in [0.1, 0.15) is 11.5 Å². The Kier molecular flexibility index (Phi) is 6.44. The number of anilines is 2. The van der Waals surface area contributed by atoms with Crippen LogP contribution in [0.4, 0.5) is 11.4 Å². The summed E-state index contributed by atoms with van der Waals surface area (Å²) in [6.45, 7) is 0. The normalized spacial score (nSPS) is 10.9. The molecule has 0 spiro atoms. The Morgan fingerprint density at radius 2 is 1.59 bits per heavy atom. The van der Waals surface area contributed by atoms with Gasteiger partial charge in [0, 0.05) is 33.1 Å². The third kappa shape index (κ3) is 5.49. The lowest BCUT2D eigenvalue weighted by Crippen LogP contribution is -2.12. The molecule has 6 nitrogen and oxygen atoms in total. The van der Waals surface area contributed by atoms with Crippen LogP contribution < -0.4 is 10.6 Å². The van der Waals surface area contributed by atoms with Gasteiger partial charge in [-0.1, -0.05) is 29.3 Å². The monoisotopic (exact) mass is 466 g/mol. The van der Waals surface area contributed by atoms with Crippen LogP contribution in [-0.2, 0) is 4.79 Å². The van der Waals surface area contributed by atoms with Crippen LogP contribution in [0.2, 0.25) is 10.0 Å². The second-order valence-electron chi connectivity index (χ2n) is 6.69. The minimum absolute atomic E-state index is 0.195. The molecule has 0 saturated heterocycles. The van der Waals surface area contributed by atoms with Gasteiger partial charge in [0.25, 0.3) is 5.91 Å². The molecule has 2 aromatic carbocycles. The highest BCUT2D eigenvalue weighted by molar-refractivity contribution is 6.35. The minimum atomic E-state index is -0.381. The van der Waals surface area contributed by atoms with Crippen LogP contribution >= 0.6 is 23.2 Å².